The molecule has 1 aliphatic rings. The van der Waals surface area contributed by atoms with Crippen LogP contribution in [0, 0.1) is 12.7 Å². The number of nitrogens with one attached hydrogen (secondary N) is 1. The van der Waals surface area contributed by atoms with E-state index in [1.165, 1.54) is 12.1 Å². The number of carbonyl (C=O) groups is 1. The van der Waals surface area contributed by atoms with Crippen LogP contribution in [0.3, 0.4) is 0 Å². The zero-order valence-corrected chi connectivity index (χ0v) is 13.2. The van der Waals surface area contributed by atoms with E-state index in [0.717, 1.165) is 6.07 Å². The third-order valence-corrected chi connectivity index (χ3v) is 5.39. The van der Waals surface area contributed by atoms with E-state index in [0.29, 0.717) is 31.5 Å². The van der Waals surface area contributed by atoms with Crippen LogP contribution in [0.4, 0.5) is 4.39 Å². The fraction of sp³-hybridized carbons (Fsp3) is 0.500. The summed E-state index contributed by atoms with van der Waals surface area (Å²) >= 11 is 0. The summed E-state index contributed by atoms with van der Waals surface area (Å²) in [6.07, 6.45) is 1.17. The molecule has 1 heterocycles. The lowest BCUT2D eigenvalue weighted by Gasteiger charge is -2.31. The molecule has 1 saturated heterocycles. The Labute approximate surface area is 129 Å². The minimum absolute atomic E-state index is 0.0351. The molecule has 3 N–H and O–H groups in total. The molecule has 1 amide bonds. The van der Waals surface area contributed by atoms with Gasteiger partial charge in [-0.05, 0) is 37.5 Å². The van der Waals surface area contributed by atoms with Crippen molar-refractivity contribution in [3.63, 3.8) is 0 Å². The van der Waals surface area contributed by atoms with Gasteiger partial charge in [-0.15, -0.1) is 0 Å². The van der Waals surface area contributed by atoms with Crippen molar-refractivity contribution in [2.24, 2.45) is 5.73 Å². The number of sulfonamides is 1. The number of primary amides is 1. The number of benzene rings is 1. The standard InChI is InChI=1S/C14H20FN3O3S/c1-10-2-3-11(15)8-13(10)22(20,21)17-12-4-6-18(7-5-12)9-14(16)19/h2-3,8,12,17H,4-7,9H2,1H3,(H2,16,19). The van der Waals surface area contributed by atoms with Crippen molar-refractivity contribution in [3.8, 4) is 0 Å². The first-order chi connectivity index (χ1) is 10.3. The van der Waals surface area contributed by atoms with Crippen molar-refractivity contribution in [2.75, 3.05) is 19.6 Å². The summed E-state index contributed by atoms with van der Waals surface area (Å²) in [6.45, 7) is 3.00. The number of aryl methyl sites for hydroxylation is 1. The van der Waals surface area contributed by atoms with E-state index in [-0.39, 0.29) is 17.5 Å². The maximum atomic E-state index is 13.3. The normalized spacial score (nSPS) is 17.5. The van der Waals surface area contributed by atoms with Crippen LogP contribution in [0.2, 0.25) is 0 Å². The van der Waals surface area contributed by atoms with Crippen LogP contribution in [0.15, 0.2) is 23.1 Å². The number of carbonyl (C=O) groups excluding carboxylic acids is 1. The minimum Gasteiger partial charge on any atom is -0.369 e. The molecule has 22 heavy (non-hydrogen) atoms. The summed E-state index contributed by atoms with van der Waals surface area (Å²) in [4.78, 5) is 12.7. The molecule has 0 unspecified atom stereocenters. The zero-order chi connectivity index (χ0) is 16.3. The molecule has 0 bridgehead atoms. The molecule has 1 aliphatic heterocycles. The Morgan fingerprint density at radius 2 is 2.05 bits per heavy atom. The monoisotopic (exact) mass is 329 g/mol. The number of hydrogen-bond donors (Lipinski definition) is 2. The van der Waals surface area contributed by atoms with Crippen molar-refractivity contribution in [2.45, 2.75) is 30.7 Å². The van der Waals surface area contributed by atoms with Crippen molar-refractivity contribution in [3.05, 3.63) is 29.6 Å². The van der Waals surface area contributed by atoms with Crippen LogP contribution in [0.1, 0.15) is 18.4 Å². The van der Waals surface area contributed by atoms with Gasteiger partial charge in [0.05, 0.1) is 11.4 Å². The highest BCUT2D eigenvalue weighted by molar-refractivity contribution is 7.89. The van der Waals surface area contributed by atoms with Gasteiger partial charge in [0.25, 0.3) is 0 Å². The van der Waals surface area contributed by atoms with Gasteiger partial charge in [0.1, 0.15) is 5.82 Å². The van der Waals surface area contributed by atoms with E-state index in [1.54, 1.807) is 6.92 Å². The van der Waals surface area contributed by atoms with Gasteiger partial charge < -0.3 is 5.73 Å². The quantitative estimate of drug-likeness (QED) is 0.816. The predicted molar refractivity (Wildman–Crippen MR) is 80.1 cm³/mol. The summed E-state index contributed by atoms with van der Waals surface area (Å²) in [5.74, 6) is -0.975. The molecule has 122 valence electrons. The van der Waals surface area contributed by atoms with Gasteiger partial charge in [0, 0.05) is 19.1 Å². The van der Waals surface area contributed by atoms with E-state index in [2.05, 4.69) is 4.72 Å². The summed E-state index contributed by atoms with van der Waals surface area (Å²) in [5, 5.41) is 0. The van der Waals surface area contributed by atoms with Crippen LogP contribution in [-0.4, -0.2) is 44.9 Å². The number of nitrogens with zero attached hydrogens (tertiary/aromatic N) is 1. The summed E-state index contributed by atoms with van der Waals surface area (Å²) in [6, 6.07) is 3.48. The largest absolute Gasteiger partial charge is 0.369 e. The number of hydrogen-bond acceptors (Lipinski definition) is 4. The van der Waals surface area contributed by atoms with E-state index < -0.39 is 21.7 Å². The maximum absolute atomic E-state index is 13.3. The molecule has 1 aromatic rings. The third-order valence-electron chi connectivity index (χ3n) is 3.73. The number of piperidine rings is 1. The Morgan fingerprint density at radius 3 is 2.64 bits per heavy atom. The van der Waals surface area contributed by atoms with Crippen LogP contribution < -0.4 is 10.5 Å². The fourth-order valence-electron chi connectivity index (χ4n) is 2.58. The lowest BCUT2D eigenvalue weighted by molar-refractivity contribution is -0.119. The van der Waals surface area contributed by atoms with E-state index in [4.69, 9.17) is 5.73 Å². The summed E-state index contributed by atoms with van der Waals surface area (Å²) < 4.78 is 40.6. The van der Waals surface area contributed by atoms with Gasteiger partial charge >= 0.3 is 0 Å². The Kier molecular flexibility index (Phi) is 5.15. The van der Waals surface area contributed by atoms with Gasteiger partial charge in [0.15, 0.2) is 0 Å². The number of rotatable bonds is 5. The van der Waals surface area contributed by atoms with Gasteiger partial charge in [-0.25, -0.2) is 17.5 Å². The van der Waals surface area contributed by atoms with Crippen molar-refractivity contribution in [1.82, 2.24) is 9.62 Å². The van der Waals surface area contributed by atoms with Crippen molar-refractivity contribution >= 4 is 15.9 Å². The van der Waals surface area contributed by atoms with Crippen LogP contribution >= 0.6 is 0 Å². The molecule has 1 fully saturated rings. The molecule has 0 aliphatic carbocycles. The Hall–Kier alpha value is -1.51. The van der Waals surface area contributed by atoms with Crippen molar-refractivity contribution in [1.29, 1.82) is 0 Å². The minimum atomic E-state index is -3.75. The molecule has 2 rings (SSSR count). The lowest BCUT2D eigenvalue weighted by Crippen LogP contribution is -2.46. The van der Waals surface area contributed by atoms with Crippen molar-refractivity contribution < 1.29 is 17.6 Å². The topological polar surface area (TPSA) is 92.5 Å². The van der Waals surface area contributed by atoms with Crippen LogP contribution in [-0.2, 0) is 14.8 Å². The van der Waals surface area contributed by atoms with Crippen LogP contribution in [0.25, 0.3) is 0 Å². The van der Waals surface area contributed by atoms with Gasteiger partial charge in [0.2, 0.25) is 15.9 Å². The number of amides is 1. The summed E-state index contributed by atoms with van der Waals surface area (Å²) in [7, 11) is -3.75. The Morgan fingerprint density at radius 1 is 1.41 bits per heavy atom. The predicted octanol–water partition coefficient (Wildman–Crippen LogP) is 0.362. The molecular formula is C14H20FN3O3S. The average Bonchev–Trinajstić information content (AvgIpc) is 2.43. The van der Waals surface area contributed by atoms with Crippen LogP contribution in [0.5, 0.6) is 0 Å². The molecule has 0 saturated carbocycles. The van der Waals surface area contributed by atoms with Gasteiger partial charge in [-0.1, -0.05) is 6.07 Å². The second-order valence-electron chi connectivity index (χ2n) is 5.55. The first kappa shape index (κ1) is 16.9. The molecule has 0 atom stereocenters. The van der Waals surface area contributed by atoms with Gasteiger partial charge in [-0.3, -0.25) is 9.69 Å². The first-order valence-corrected chi connectivity index (χ1v) is 8.55. The highest BCUT2D eigenvalue weighted by atomic mass is 32.2. The molecule has 6 nitrogen and oxygen atoms in total. The van der Waals surface area contributed by atoms with Gasteiger partial charge in [-0.2, -0.15) is 0 Å². The first-order valence-electron chi connectivity index (χ1n) is 7.07. The molecule has 0 radical (unpaired) electrons. The lowest BCUT2D eigenvalue weighted by atomic mass is 10.1. The number of nitrogens with two attached hydrogens (primary N) is 1. The highest BCUT2D eigenvalue weighted by Crippen LogP contribution is 2.19. The smallest absolute Gasteiger partial charge is 0.241 e. The molecular weight excluding hydrogens is 309 g/mol. The zero-order valence-electron chi connectivity index (χ0n) is 12.4. The molecule has 0 spiro atoms. The second-order valence-corrected chi connectivity index (χ2v) is 7.23. The Bertz CT molecular complexity index is 655. The van der Waals surface area contributed by atoms with E-state index >= 15 is 0 Å². The van der Waals surface area contributed by atoms with E-state index in [1.807, 2.05) is 4.90 Å². The molecule has 1 aromatic carbocycles. The number of likely N-dealkylation sites (tertiary alicyclic amines) is 1. The molecule has 0 aromatic heterocycles. The maximum Gasteiger partial charge on any atom is 0.241 e. The highest BCUT2D eigenvalue weighted by Gasteiger charge is 2.26. The number of halogens is 1. The fourth-order valence-corrected chi connectivity index (χ4v) is 4.14. The second kappa shape index (κ2) is 6.72. The third kappa shape index (κ3) is 4.25. The SMILES string of the molecule is Cc1ccc(F)cc1S(=O)(=O)NC1CCN(CC(N)=O)CC1. The van der Waals surface area contributed by atoms with E-state index in [9.17, 15) is 17.6 Å². The Balaban J connectivity index is 2.02. The average molecular weight is 329 g/mol. The summed E-state index contributed by atoms with van der Waals surface area (Å²) in [5.41, 5.74) is 5.64. The molecule has 8 heteroatoms.